The molecular formula is C60H55IrN3OSi-2. The number of hydrogen-bond donors (Lipinski definition) is 0. The average molecular weight is 1050 g/mol. The van der Waals surface area contributed by atoms with Gasteiger partial charge in [0.1, 0.15) is 5.58 Å². The summed E-state index contributed by atoms with van der Waals surface area (Å²) in [6, 6.07) is 64.1. The summed E-state index contributed by atoms with van der Waals surface area (Å²) < 4.78 is 8.76. The van der Waals surface area contributed by atoms with Gasteiger partial charge < -0.3 is 14.0 Å². The zero-order valence-electron chi connectivity index (χ0n) is 38.4. The monoisotopic (exact) mass is 1050 g/mol. The standard InChI is InChI=1S/C37H23N2O.C23H32NSi.Ir/c1-3-13-25(14-4-1)27-18-11-19-28(26-15-5-2-6-16-26)35(27)39-33-23-9-8-22-32(33)38-37(39)31-21-12-20-30-29-17-7-10-24-34(29)40-36(30)31;1-17(2)19-10-12-20(13-11-19)22-15-21(14-18-8-6-7-9-18)23(16-24-22)25(3,4)5;/h1-20,22-24H;10-12,15-18H,6-9,14H2,1-5H3;/q2*-1;. The van der Waals surface area contributed by atoms with Gasteiger partial charge in [-0.15, -0.1) is 53.6 Å². The molecule has 0 N–H and O–H groups in total. The second kappa shape index (κ2) is 19.3. The Balaban J connectivity index is 0.000000183. The van der Waals surface area contributed by atoms with E-state index in [4.69, 9.17) is 14.4 Å². The second-order valence-electron chi connectivity index (χ2n) is 18.9. The van der Waals surface area contributed by atoms with Crippen LogP contribution in [0, 0.1) is 18.1 Å². The van der Waals surface area contributed by atoms with Crippen LogP contribution in [0.4, 0.5) is 0 Å². The number of pyridine rings is 1. The van der Waals surface area contributed by atoms with Crippen LogP contribution in [0.1, 0.15) is 56.6 Å². The molecule has 10 aromatic rings. The van der Waals surface area contributed by atoms with Crippen LogP contribution in [0.25, 0.3) is 83.6 Å². The second-order valence-corrected chi connectivity index (χ2v) is 23.9. The molecule has 0 spiro atoms. The van der Waals surface area contributed by atoms with E-state index in [9.17, 15) is 0 Å². The molecule has 11 rings (SSSR count). The Kier molecular flexibility index (Phi) is 13.2. The Labute approximate surface area is 404 Å². The summed E-state index contributed by atoms with van der Waals surface area (Å²) in [6.07, 6.45) is 9.04. The van der Waals surface area contributed by atoms with Gasteiger partial charge in [0.25, 0.3) is 0 Å². The SMILES string of the molecule is CC(C)c1c[c-]c(-c2cc(CC3CCCC3)c([Si](C)(C)C)cn2)cc1.[Ir].[c-]1ccc2c(oc3ccccc32)c1-c1nc2ccccc2n1-c1c(-c2ccccc2)cccc1-c1ccccc1. The van der Waals surface area contributed by atoms with Crippen LogP contribution in [0.3, 0.4) is 0 Å². The molecular weight excluding hydrogens is 999 g/mol. The van der Waals surface area contributed by atoms with Gasteiger partial charge in [0.05, 0.1) is 36.2 Å². The largest absolute Gasteiger partial charge is 0.501 e. The molecule has 3 aromatic heterocycles. The van der Waals surface area contributed by atoms with Crippen molar-refractivity contribution in [2.24, 2.45) is 5.92 Å². The molecule has 1 fully saturated rings. The summed E-state index contributed by atoms with van der Waals surface area (Å²) in [6.45, 7) is 11.8. The van der Waals surface area contributed by atoms with Crippen molar-refractivity contribution >= 4 is 46.2 Å². The number of hydrogen-bond acceptors (Lipinski definition) is 3. The van der Waals surface area contributed by atoms with Crippen LogP contribution < -0.4 is 5.19 Å². The minimum absolute atomic E-state index is 0. The summed E-state index contributed by atoms with van der Waals surface area (Å²) in [5.41, 5.74) is 15.2. The molecule has 7 aromatic carbocycles. The third-order valence-corrected chi connectivity index (χ3v) is 15.2. The van der Waals surface area contributed by atoms with E-state index in [0.29, 0.717) is 5.92 Å². The van der Waals surface area contributed by atoms with E-state index < -0.39 is 8.07 Å². The first-order valence-corrected chi connectivity index (χ1v) is 26.8. The van der Waals surface area contributed by atoms with Crippen molar-refractivity contribution in [1.82, 2.24) is 14.5 Å². The maximum Gasteiger partial charge on any atom is 0.120 e. The molecule has 0 bridgehead atoms. The molecule has 0 aliphatic heterocycles. The summed E-state index contributed by atoms with van der Waals surface area (Å²) >= 11 is 0. The molecule has 331 valence electrons. The van der Waals surface area contributed by atoms with Gasteiger partial charge in [-0.1, -0.05) is 197 Å². The maximum atomic E-state index is 6.47. The van der Waals surface area contributed by atoms with E-state index in [2.05, 4.69) is 190 Å². The van der Waals surface area contributed by atoms with Crippen LogP contribution in [0.2, 0.25) is 19.6 Å². The summed E-state index contributed by atoms with van der Waals surface area (Å²) in [5, 5.41) is 3.69. The molecule has 66 heavy (non-hydrogen) atoms. The smallest absolute Gasteiger partial charge is 0.120 e. The fourth-order valence-electron chi connectivity index (χ4n) is 9.73. The Morgan fingerprint density at radius 1 is 0.712 bits per heavy atom. The van der Waals surface area contributed by atoms with Crippen LogP contribution in [-0.4, -0.2) is 22.6 Å². The van der Waals surface area contributed by atoms with Gasteiger partial charge in [-0.05, 0) is 52.5 Å². The Hall–Kier alpha value is -6.17. The van der Waals surface area contributed by atoms with Crippen molar-refractivity contribution in [2.75, 3.05) is 0 Å². The van der Waals surface area contributed by atoms with Gasteiger partial charge >= 0.3 is 0 Å². The fraction of sp³-hybridized carbons (Fsp3) is 0.200. The van der Waals surface area contributed by atoms with Crippen molar-refractivity contribution in [3.05, 3.63) is 193 Å². The van der Waals surface area contributed by atoms with Crippen LogP contribution in [0.5, 0.6) is 0 Å². The first kappa shape index (κ1) is 45.0. The van der Waals surface area contributed by atoms with Crippen LogP contribution >= 0.6 is 0 Å². The van der Waals surface area contributed by atoms with Crippen LogP contribution in [0.15, 0.2) is 174 Å². The van der Waals surface area contributed by atoms with Crippen LogP contribution in [-0.2, 0) is 26.5 Å². The quantitative estimate of drug-likeness (QED) is 0.107. The summed E-state index contributed by atoms with van der Waals surface area (Å²) in [7, 11) is -1.37. The number of para-hydroxylation sites is 4. The van der Waals surface area contributed by atoms with E-state index in [0.717, 1.165) is 89.5 Å². The van der Waals surface area contributed by atoms with Crippen molar-refractivity contribution in [3.63, 3.8) is 0 Å². The molecule has 4 nitrogen and oxygen atoms in total. The Morgan fingerprint density at radius 2 is 1.38 bits per heavy atom. The molecule has 1 saturated carbocycles. The maximum absolute atomic E-state index is 6.47. The number of benzene rings is 7. The topological polar surface area (TPSA) is 43.9 Å². The minimum atomic E-state index is -1.37. The number of nitrogens with zero attached hydrogens (tertiary/aromatic N) is 3. The van der Waals surface area contributed by atoms with E-state index in [1.807, 2.05) is 30.3 Å². The van der Waals surface area contributed by atoms with Gasteiger partial charge in [0, 0.05) is 42.8 Å². The van der Waals surface area contributed by atoms with Gasteiger partial charge in [0.15, 0.2) is 0 Å². The Morgan fingerprint density at radius 3 is 2.05 bits per heavy atom. The summed E-state index contributed by atoms with van der Waals surface area (Å²) in [5.74, 6) is 2.22. The van der Waals surface area contributed by atoms with Crippen molar-refractivity contribution in [2.45, 2.75) is 71.5 Å². The van der Waals surface area contributed by atoms with E-state index in [-0.39, 0.29) is 20.1 Å². The molecule has 1 aliphatic rings. The first-order chi connectivity index (χ1) is 31.7. The number of imidazole rings is 1. The first-order valence-electron chi connectivity index (χ1n) is 23.3. The number of aromatic nitrogens is 3. The zero-order chi connectivity index (χ0) is 44.5. The fourth-order valence-corrected chi connectivity index (χ4v) is 11.3. The molecule has 6 heteroatoms. The minimum Gasteiger partial charge on any atom is -0.501 e. The summed E-state index contributed by atoms with van der Waals surface area (Å²) in [4.78, 5) is 10.0. The van der Waals surface area contributed by atoms with E-state index >= 15 is 0 Å². The zero-order valence-corrected chi connectivity index (χ0v) is 41.8. The molecule has 0 saturated heterocycles. The van der Waals surface area contributed by atoms with Gasteiger partial charge in [-0.2, -0.15) is 0 Å². The molecule has 0 amide bonds. The van der Waals surface area contributed by atoms with Gasteiger partial charge in [-0.25, -0.2) is 0 Å². The van der Waals surface area contributed by atoms with E-state index in [1.165, 1.54) is 37.7 Å². The van der Waals surface area contributed by atoms with Gasteiger partial charge in [-0.3, -0.25) is 4.98 Å². The van der Waals surface area contributed by atoms with Crippen molar-refractivity contribution in [3.8, 4) is 50.6 Å². The molecule has 0 unspecified atom stereocenters. The third-order valence-electron chi connectivity index (χ3n) is 13.1. The van der Waals surface area contributed by atoms with Gasteiger partial charge in [0.2, 0.25) is 0 Å². The number of fused-ring (bicyclic) bond motifs is 4. The third kappa shape index (κ3) is 9.03. The number of furan rings is 1. The van der Waals surface area contributed by atoms with E-state index in [1.54, 1.807) is 10.8 Å². The average Bonchev–Trinajstić information content (AvgIpc) is 4.10. The predicted octanol–water partition coefficient (Wildman–Crippen LogP) is 15.7. The molecule has 1 radical (unpaired) electrons. The molecule has 0 atom stereocenters. The predicted molar refractivity (Wildman–Crippen MR) is 275 cm³/mol. The molecule has 3 heterocycles. The normalized spacial score (nSPS) is 13.0. The molecule has 1 aliphatic carbocycles. The number of rotatable bonds is 9. The van der Waals surface area contributed by atoms with Crippen molar-refractivity contribution in [1.29, 1.82) is 0 Å². The Bertz CT molecular complexity index is 3190. The van der Waals surface area contributed by atoms with Crippen molar-refractivity contribution < 1.29 is 24.5 Å².